The maximum absolute atomic E-state index is 9.13. The standard InChI is InChI=1S/C18H23NOS3/c1-18(2,21)11-14-7-8-17(19-12-14)23-22-13-16-6-4-3-5-15(16)9-10-20/h3-8,12,20-21H,9-11,13H2,1-2H3. The number of hydrogen-bond acceptors (Lipinski definition) is 5. The van der Waals surface area contributed by atoms with Crippen LogP contribution in [0.2, 0.25) is 0 Å². The van der Waals surface area contributed by atoms with Gasteiger partial charge in [-0.3, -0.25) is 0 Å². The van der Waals surface area contributed by atoms with E-state index in [0.717, 1.165) is 17.2 Å². The molecule has 0 spiro atoms. The second-order valence-corrected chi connectivity index (χ2v) is 9.61. The van der Waals surface area contributed by atoms with Crippen LogP contribution in [0.3, 0.4) is 0 Å². The maximum atomic E-state index is 9.13. The van der Waals surface area contributed by atoms with Gasteiger partial charge in [0.25, 0.3) is 0 Å². The first-order valence-electron chi connectivity index (χ1n) is 7.62. The maximum Gasteiger partial charge on any atom is 0.106 e. The molecule has 5 heteroatoms. The number of aliphatic hydroxyl groups is 1. The van der Waals surface area contributed by atoms with Gasteiger partial charge in [-0.05, 0) is 46.4 Å². The molecule has 2 rings (SSSR count). The SMILES string of the molecule is CC(C)(S)Cc1ccc(SSCc2ccccc2CCO)nc1. The van der Waals surface area contributed by atoms with Gasteiger partial charge in [0.05, 0.1) is 0 Å². The third-order valence-electron chi connectivity index (χ3n) is 3.29. The predicted molar refractivity (Wildman–Crippen MR) is 105 cm³/mol. The molecule has 0 aliphatic rings. The Morgan fingerprint density at radius 1 is 1.13 bits per heavy atom. The molecule has 23 heavy (non-hydrogen) atoms. The zero-order chi connectivity index (χ0) is 16.7. The lowest BCUT2D eigenvalue weighted by atomic mass is 10.0. The van der Waals surface area contributed by atoms with Crippen LogP contribution in [0.15, 0.2) is 47.6 Å². The molecule has 0 fully saturated rings. The second-order valence-electron chi connectivity index (χ2n) is 6.08. The molecule has 124 valence electrons. The van der Waals surface area contributed by atoms with E-state index >= 15 is 0 Å². The smallest absolute Gasteiger partial charge is 0.106 e. The third kappa shape index (κ3) is 6.79. The van der Waals surface area contributed by atoms with Crippen LogP contribution in [0.5, 0.6) is 0 Å². The van der Waals surface area contributed by atoms with E-state index in [4.69, 9.17) is 5.11 Å². The van der Waals surface area contributed by atoms with E-state index in [1.165, 1.54) is 16.7 Å². The Balaban J connectivity index is 1.87. The molecule has 0 saturated heterocycles. The lowest BCUT2D eigenvalue weighted by Gasteiger charge is -2.16. The van der Waals surface area contributed by atoms with Crippen LogP contribution >= 0.6 is 34.2 Å². The van der Waals surface area contributed by atoms with Gasteiger partial charge < -0.3 is 5.11 Å². The monoisotopic (exact) mass is 365 g/mol. The molecule has 2 nitrogen and oxygen atoms in total. The Labute approximate surface area is 152 Å². The lowest BCUT2D eigenvalue weighted by Crippen LogP contribution is -2.14. The fourth-order valence-corrected chi connectivity index (χ4v) is 4.49. The van der Waals surface area contributed by atoms with E-state index < -0.39 is 0 Å². The van der Waals surface area contributed by atoms with Crippen LogP contribution in [0, 0.1) is 0 Å². The Morgan fingerprint density at radius 2 is 1.87 bits per heavy atom. The fourth-order valence-electron chi connectivity index (χ4n) is 2.28. The van der Waals surface area contributed by atoms with Crippen LogP contribution in [0.1, 0.15) is 30.5 Å². The van der Waals surface area contributed by atoms with E-state index in [-0.39, 0.29) is 11.4 Å². The highest BCUT2D eigenvalue weighted by Crippen LogP contribution is 2.33. The van der Waals surface area contributed by atoms with Crippen molar-refractivity contribution in [2.24, 2.45) is 0 Å². The molecular formula is C18H23NOS3. The summed E-state index contributed by atoms with van der Waals surface area (Å²) in [5.41, 5.74) is 3.72. The Kier molecular flexibility index (Phi) is 7.34. The molecule has 0 amide bonds. The molecular weight excluding hydrogens is 342 g/mol. The summed E-state index contributed by atoms with van der Waals surface area (Å²) in [6.45, 7) is 4.41. The summed E-state index contributed by atoms with van der Waals surface area (Å²) in [6.07, 6.45) is 3.57. The number of pyridine rings is 1. The van der Waals surface area contributed by atoms with Crippen LogP contribution in [-0.4, -0.2) is 21.4 Å². The van der Waals surface area contributed by atoms with Gasteiger partial charge in [-0.2, -0.15) is 12.6 Å². The zero-order valence-electron chi connectivity index (χ0n) is 13.5. The summed E-state index contributed by atoms with van der Waals surface area (Å²) in [5.74, 6) is 0.911. The second kappa shape index (κ2) is 9.02. The molecule has 0 aliphatic carbocycles. The fraction of sp³-hybridized carbons (Fsp3) is 0.389. The number of benzene rings is 1. The molecule has 2 aromatic rings. The topological polar surface area (TPSA) is 33.1 Å². The first-order valence-corrected chi connectivity index (χ1v) is 10.4. The van der Waals surface area contributed by atoms with Crippen molar-refractivity contribution in [3.63, 3.8) is 0 Å². The van der Waals surface area contributed by atoms with Gasteiger partial charge >= 0.3 is 0 Å². The molecule has 0 aliphatic heterocycles. The van der Waals surface area contributed by atoms with Crippen LogP contribution in [0.25, 0.3) is 0 Å². The quantitative estimate of drug-likeness (QED) is 0.520. The molecule has 1 aromatic heterocycles. The number of nitrogens with zero attached hydrogens (tertiary/aromatic N) is 1. The minimum atomic E-state index is -0.0124. The average molecular weight is 366 g/mol. The number of hydrogen-bond donors (Lipinski definition) is 2. The van der Waals surface area contributed by atoms with Crippen molar-refractivity contribution in [2.75, 3.05) is 6.61 Å². The van der Waals surface area contributed by atoms with Crippen molar-refractivity contribution in [1.82, 2.24) is 4.98 Å². The average Bonchev–Trinajstić information content (AvgIpc) is 2.49. The first kappa shape index (κ1) is 18.7. The normalized spacial score (nSPS) is 11.7. The largest absolute Gasteiger partial charge is 0.396 e. The molecule has 0 radical (unpaired) electrons. The molecule has 0 unspecified atom stereocenters. The number of aromatic nitrogens is 1. The molecule has 1 aromatic carbocycles. The van der Waals surface area contributed by atoms with Crippen LogP contribution in [0.4, 0.5) is 0 Å². The van der Waals surface area contributed by atoms with Gasteiger partial charge in [0.15, 0.2) is 0 Å². The highest BCUT2D eigenvalue weighted by Gasteiger charge is 2.12. The minimum Gasteiger partial charge on any atom is -0.396 e. The van der Waals surface area contributed by atoms with Crippen molar-refractivity contribution in [1.29, 1.82) is 0 Å². The van der Waals surface area contributed by atoms with Crippen molar-refractivity contribution >= 4 is 34.2 Å². The summed E-state index contributed by atoms with van der Waals surface area (Å²) in [7, 11) is 3.47. The van der Waals surface area contributed by atoms with E-state index in [0.29, 0.717) is 6.42 Å². The van der Waals surface area contributed by atoms with Crippen molar-refractivity contribution in [3.8, 4) is 0 Å². The molecule has 0 saturated carbocycles. The van der Waals surface area contributed by atoms with Gasteiger partial charge in [0.1, 0.15) is 5.03 Å². The summed E-state index contributed by atoms with van der Waals surface area (Å²) in [6, 6.07) is 12.5. The summed E-state index contributed by atoms with van der Waals surface area (Å²) in [4.78, 5) is 4.52. The first-order chi connectivity index (χ1) is 11.0. The van der Waals surface area contributed by atoms with Crippen LogP contribution in [-0.2, 0) is 18.6 Å². The Hall–Kier alpha value is -0.620. The van der Waals surface area contributed by atoms with E-state index in [9.17, 15) is 0 Å². The van der Waals surface area contributed by atoms with Gasteiger partial charge in [-0.15, -0.1) is 0 Å². The summed E-state index contributed by atoms with van der Waals surface area (Å²) < 4.78 is -0.0124. The van der Waals surface area contributed by atoms with E-state index in [2.05, 4.69) is 55.7 Å². The predicted octanol–water partition coefficient (Wildman–Crippen LogP) is 4.81. The highest BCUT2D eigenvalue weighted by atomic mass is 33.1. The molecule has 1 heterocycles. The van der Waals surface area contributed by atoms with Crippen molar-refractivity contribution < 1.29 is 5.11 Å². The third-order valence-corrected chi connectivity index (χ3v) is 5.63. The van der Waals surface area contributed by atoms with Gasteiger partial charge in [-0.1, -0.05) is 55.0 Å². The van der Waals surface area contributed by atoms with Crippen molar-refractivity contribution in [3.05, 3.63) is 59.3 Å². The summed E-state index contributed by atoms with van der Waals surface area (Å²) >= 11 is 4.56. The molecule has 0 bridgehead atoms. The zero-order valence-corrected chi connectivity index (χ0v) is 16.1. The van der Waals surface area contributed by atoms with Gasteiger partial charge in [0.2, 0.25) is 0 Å². The number of rotatable bonds is 8. The summed E-state index contributed by atoms with van der Waals surface area (Å²) in [5, 5.41) is 10.2. The van der Waals surface area contributed by atoms with E-state index in [1.807, 2.05) is 18.3 Å². The van der Waals surface area contributed by atoms with Crippen LogP contribution < -0.4 is 0 Å². The minimum absolute atomic E-state index is 0.0124. The molecule has 0 atom stereocenters. The number of aliphatic hydroxyl groups excluding tert-OH is 1. The van der Waals surface area contributed by atoms with E-state index in [1.54, 1.807) is 21.6 Å². The lowest BCUT2D eigenvalue weighted by molar-refractivity contribution is 0.299. The van der Waals surface area contributed by atoms with Gasteiger partial charge in [-0.25, -0.2) is 4.98 Å². The van der Waals surface area contributed by atoms with Crippen molar-refractivity contribution in [2.45, 2.75) is 42.2 Å². The Bertz CT molecular complexity index is 608. The highest BCUT2D eigenvalue weighted by molar-refractivity contribution is 8.76. The van der Waals surface area contributed by atoms with Gasteiger partial charge in [0, 0.05) is 23.3 Å². The number of thiol groups is 1. The molecule has 1 N–H and O–H groups in total. The Morgan fingerprint density at radius 3 is 2.48 bits per heavy atom.